The Hall–Kier alpha value is -2.49. The van der Waals surface area contributed by atoms with E-state index in [-0.39, 0.29) is 25.9 Å². The van der Waals surface area contributed by atoms with Gasteiger partial charge in [-0.05, 0) is 31.4 Å². The lowest BCUT2D eigenvalue weighted by Crippen LogP contribution is -2.57. The van der Waals surface area contributed by atoms with E-state index in [1.807, 2.05) is 0 Å². The molecule has 0 saturated heterocycles. The monoisotopic (exact) mass is 485 g/mol. The van der Waals surface area contributed by atoms with Crippen LogP contribution in [0, 0.1) is 21.4 Å². The molecule has 0 N–H and O–H groups in total. The van der Waals surface area contributed by atoms with Gasteiger partial charge in [0.2, 0.25) is 6.04 Å². The lowest BCUT2D eigenvalue weighted by atomic mass is 9.58. The zero-order chi connectivity index (χ0) is 22.5. The number of rotatable bonds is 7. The third-order valence-corrected chi connectivity index (χ3v) is 6.30. The fourth-order valence-electron chi connectivity index (χ4n) is 4.34. The zero-order valence-corrected chi connectivity index (χ0v) is 18.5. The van der Waals surface area contributed by atoms with Crippen LogP contribution in [0.3, 0.4) is 0 Å². The van der Waals surface area contributed by atoms with Gasteiger partial charge in [-0.3, -0.25) is 24.5 Å². The van der Waals surface area contributed by atoms with Gasteiger partial charge in [0.25, 0.3) is 0 Å². The van der Waals surface area contributed by atoms with Crippen LogP contribution in [0.1, 0.15) is 37.7 Å². The van der Waals surface area contributed by atoms with Crippen molar-refractivity contribution in [3.8, 4) is 0 Å². The van der Waals surface area contributed by atoms with Crippen molar-refractivity contribution in [1.29, 1.82) is 0 Å². The summed E-state index contributed by atoms with van der Waals surface area (Å²) >= 11 is 3.38. The molecule has 0 amide bonds. The Morgan fingerprint density at radius 1 is 1.20 bits per heavy atom. The second-order valence-corrected chi connectivity index (χ2v) is 7.89. The van der Waals surface area contributed by atoms with E-state index in [1.165, 1.54) is 0 Å². The summed E-state index contributed by atoms with van der Waals surface area (Å²) in [5.41, 5.74) is -1.53. The molecule has 1 aliphatic rings. The Balaban J connectivity index is 2.72. The number of hydrogen-bond donors (Lipinski definition) is 0. The van der Waals surface area contributed by atoms with Crippen LogP contribution in [0.15, 0.2) is 28.7 Å². The molecule has 0 radical (unpaired) electrons. The molecule has 1 aromatic rings. The lowest BCUT2D eigenvalue weighted by molar-refractivity contribution is -0.542. The SMILES string of the molecule is CCOC(=O)C[C@@H]1CCC(C(=O)OC)(C(=O)OC)[C@@H](c2ccccc2Br)[C@@H]1[N+](=O)[O-]. The van der Waals surface area contributed by atoms with E-state index >= 15 is 0 Å². The van der Waals surface area contributed by atoms with Crippen molar-refractivity contribution < 1.29 is 33.5 Å². The molecule has 2 rings (SSSR count). The molecular weight excluding hydrogens is 462 g/mol. The Labute approximate surface area is 182 Å². The quantitative estimate of drug-likeness (QED) is 0.190. The largest absolute Gasteiger partial charge is 0.468 e. The summed E-state index contributed by atoms with van der Waals surface area (Å²) < 4.78 is 15.3. The summed E-state index contributed by atoms with van der Waals surface area (Å²) in [6.45, 7) is 1.80. The van der Waals surface area contributed by atoms with Crippen molar-refractivity contribution in [2.75, 3.05) is 20.8 Å². The van der Waals surface area contributed by atoms with E-state index in [2.05, 4.69) is 15.9 Å². The van der Waals surface area contributed by atoms with Gasteiger partial charge in [0.05, 0.1) is 33.2 Å². The molecule has 1 aromatic carbocycles. The van der Waals surface area contributed by atoms with Crippen molar-refractivity contribution in [2.45, 2.75) is 38.1 Å². The number of nitro groups is 1. The maximum Gasteiger partial charge on any atom is 0.324 e. The third-order valence-electron chi connectivity index (χ3n) is 5.58. The molecule has 0 unspecified atom stereocenters. The van der Waals surface area contributed by atoms with Crippen LogP contribution < -0.4 is 0 Å². The Kier molecular flexibility index (Phi) is 7.94. The molecule has 10 heteroatoms. The first-order valence-corrected chi connectivity index (χ1v) is 10.2. The van der Waals surface area contributed by atoms with Crippen molar-refractivity contribution in [1.82, 2.24) is 0 Å². The maximum absolute atomic E-state index is 12.9. The fraction of sp³-hybridized carbons (Fsp3) is 0.550. The first-order chi connectivity index (χ1) is 14.2. The predicted octanol–water partition coefficient (Wildman–Crippen LogP) is 2.87. The van der Waals surface area contributed by atoms with Crippen LogP contribution >= 0.6 is 15.9 Å². The number of carbonyl (C=O) groups excluding carboxylic acids is 3. The minimum Gasteiger partial charge on any atom is -0.468 e. The Morgan fingerprint density at radius 3 is 2.30 bits per heavy atom. The summed E-state index contributed by atoms with van der Waals surface area (Å²) in [6.07, 6.45) is -0.179. The van der Waals surface area contributed by atoms with E-state index in [1.54, 1.807) is 31.2 Å². The van der Waals surface area contributed by atoms with Gasteiger partial charge in [0.1, 0.15) is 0 Å². The molecule has 164 valence electrons. The number of carbonyl (C=O) groups is 3. The van der Waals surface area contributed by atoms with E-state index in [9.17, 15) is 24.5 Å². The number of halogens is 1. The Bertz CT molecular complexity index is 811. The van der Waals surface area contributed by atoms with E-state index in [0.717, 1.165) is 14.2 Å². The normalized spacial score (nSPS) is 22.6. The standard InChI is InChI=1S/C20H24BrNO8/c1-4-30-15(23)11-12-9-10-20(18(24)28-2,19(25)29-3)16(17(12)22(26)27)13-7-5-6-8-14(13)21/h5-8,12,16-17H,4,9-11H2,1-3H3/t12-,16-,17+/m0/s1. The minimum absolute atomic E-state index is 0.0627. The van der Waals surface area contributed by atoms with Crippen molar-refractivity contribution in [3.05, 3.63) is 44.4 Å². The molecule has 30 heavy (non-hydrogen) atoms. The fourth-order valence-corrected chi connectivity index (χ4v) is 4.87. The molecule has 0 heterocycles. The number of ether oxygens (including phenoxy) is 3. The molecule has 1 aliphatic carbocycles. The van der Waals surface area contributed by atoms with Gasteiger partial charge in [-0.2, -0.15) is 0 Å². The van der Waals surface area contributed by atoms with Crippen LogP contribution in [0.2, 0.25) is 0 Å². The highest BCUT2D eigenvalue weighted by Crippen LogP contribution is 2.53. The van der Waals surface area contributed by atoms with Gasteiger partial charge in [-0.1, -0.05) is 34.1 Å². The van der Waals surface area contributed by atoms with Gasteiger partial charge >= 0.3 is 17.9 Å². The van der Waals surface area contributed by atoms with Gasteiger partial charge in [0.15, 0.2) is 5.41 Å². The highest BCUT2D eigenvalue weighted by molar-refractivity contribution is 9.10. The first kappa shape index (κ1) is 23.8. The second-order valence-electron chi connectivity index (χ2n) is 7.04. The van der Waals surface area contributed by atoms with Crippen LogP contribution in [0.4, 0.5) is 0 Å². The zero-order valence-electron chi connectivity index (χ0n) is 17.0. The number of hydrogen-bond acceptors (Lipinski definition) is 8. The van der Waals surface area contributed by atoms with E-state index in [4.69, 9.17) is 14.2 Å². The van der Waals surface area contributed by atoms with Crippen LogP contribution in [0.5, 0.6) is 0 Å². The molecule has 1 saturated carbocycles. The summed E-state index contributed by atoms with van der Waals surface area (Å²) in [5, 5.41) is 12.2. The summed E-state index contributed by atoms with van der Waals surface area (Å²) in [6, 6.07) is 5.23. The van der Waals surface area contributed by atoms with Gasteiger partial charge < -0.3 is 14.2 Å². The molecule has 9 nitrogen and oxygen atoms in total. The second kappa shape index (κ2) is 10.0. The number of nitrogens with zero attached hydrogens (tertiary/aromatic N) is 1. The molecule has 1 fully saturated rings. The first-order valence-electron chi connectivity index (χ1n) is 9.44. The maximum atomic E-state index is 12.9. The van der Waals surface area contributed by atoms with Gasteiger partial charge in [-0.25, -0.2) is 0 Å². The van der Waals surface area contributed by atoms with Crippen molar-refractivity contribution in [2.24, 2.45) is 11.3 Å². The number of methoxy groups -OCH3 is 2. The summed E-state index contributed by atoms with van der Waals surface area (Å²) in [4.78, 5) is 49.7. The van der Waals surface area contributed by atoms with Crippen LogP contribution in [-0.2, 0) is 28.6 Å². The lowest BCUT2D eigenvalue weighted by Gasteiger charge is -2.43. The average molecular weight is 486 g/mol. The molecule has 0 aromatic heterocycles. The number of benzene rings is 1. The topological polar surface area (TPSA) is 122 Å². The molecule has 0 spiro atoms. The summed E-state index contributed by atoms with van der Waals surface area (Å²) in [7, 11) is 2.24. The highest BCUT2D eigenvalue weighted by atomic mass is 79.9. The van der Waals surface area contributed by atoms with Gasteiger partial charge in [-0.15, -0.1) is 0 Å². The minimum atomic E-state index is -1.92. The van der Waals surface area contributed by atoms with Gasteiger partial charge in [0, 0.05) is 15.3 Å². The number of esters is 3. The van der Waals surface area contributed by atoms with E-state index in [0.29, 0.717) is 10.0 Å². The smallest absolute Gasteiger partial charge is 0.324 e. The third kappa shape index (κ3) is 4.33. The molecule has 0 bridgehead atoms. The van der Waals surface area contributed by atoms with Crippen molar-refractivity contribution in [3.63, 3.8) is 0 Å². The predicted molar refractivity (Wildman–Crippen MR) is 108 cm³/mol. The molecule has 3 atom stereocenters. The highest BCUT2D eigenvalue weighted by Gasteiger charge is 2.65. The van der Waals surface area contributed by atoms with Crippen LogP contribution in [-0.4, -0.2) is 49.7 Å². The van der Waals surface area contributed by atoms with Crippen molar-refractivity contribution >= 4 is 33.8 Å². The Morgan fingerprint density at radius 2 is 1.80 bits per heavy atom. The summed E-state index contributed by atoms with van der Waals surface area (Å²) in [5.74, 6) is -4.33. The molecular formula is C20H24BrNO8. The van der Waals surface area contributed by atoms with E-state index < -0.39 is 46.1 Å². The average Bonchev–Trinajstić information content (AvgIpc) is 2.72. The molecule has 0 aliphatic heterocycles. The van der Waals surface area contributed by atoms with Crippen LogP contribution in [0.25, 0.3) is 0 Å².